The molecule has 0 aliphatic rings. The summed E-state index contributed by atoms with van der Waals surface area (Å²) in [5.74, 6) is 0.540. The first-order valence-electron chi connectivity index (χ1n) is 6.27. The van der Waals surface area contributed by atoms with Crippen LogP contribution >= 0.6 is 0 Å². The van der Waals surface area contributed by atoms with E-state index < -0.39 is 6.10 Å². The van der Waals surface area contributed by atoms with Crippen LogP contribution in [0.25, 0.3) is 0 Å². The highest BCUT2D eigenvalue weighted by molar-refractivity contribution is 5.94. The minimum atomic E-state index is -0.627. The molecule has 1 atom stereocenters. The SMILES string of the molecule is COc1ccc(NC(=O)C(OC)c2ccccc2)cc1. The first kappa shape index (κ1) is 14.1. The Morgan fingerprint density at radius 2 is 1.65 bits per heavy atom. The number of hydrogen-bond acceptors (Lipinski definition) is 3. The summed E-state index contributed by atoms with van der Waals surface area (Å²) in [5, 5.41) is 2.82. The van der Waals surface area contributed by atoms with Crippen molar-refractivity contribution in [1.82, 2.24) is 0 Å². The summed E-state index contributed by atoms with van der Waals surface area (Å²) in [5.41, 5.74) is 1.52. The van der Waals surface area contributed by atoms with Crippen molar-refractivity contribution in [2.75, 3.05) is 19.5 Å². The van der Waals surface area contributed by atoms with Crippen LogP contribution < -0.4 is 10.1 Å². The minimum absolute atomic E-state index is 0.205. The van der Waals surface area contributed by atoms with Gasteiger partial charge in [0.2, 0.25) is 0 Å². The lowest BCUT2D eigenvalue weighted by Gasteiger charge is -2.15. The average Bonchev–Trinajstić information content (AvgIpc) is 2.50. The molecule has 0 bridgehead atoms. The maximum Gasteiger partial charge on any atom is 0.258 e. The zero-order chi connectivity index (χ0) is 14.4. The van der Waals surface area contributed by atoms with Crippen LogP contribution in [-0.2, 0) is 9.53 Å². The Labute approximate surface area is 118 Å². The highest BCUT2D eigenvalue weighted by Gasteiger charge is 2.19. The van der Waals surface area contributed by atoms with Crippen molar-refractivity contribution in [3.63, 3.8) is 0 Å². The van der Waals surface area contributed by atoms with E-state index in [0.29, 0.717) is 5.69 Å². The van der Waals surface area contributed by atoms with Crippen molar-refractivity contribution >= 4 is 11.6 Å². The number of nitrogens with one attached hydrogen (secondary N) is 1. The van der Waals surface area contributed by atoms with Gasteiger partial charge in [-0.2, -0.15) is 0 Å². The predicted molar refractivity (Wildman–Crippen MR) is 77.8 cm³/mol. The monoisotopic (exact) mass is 271 g/mol. The lowest BCUT2D eigenvalue weighted by molar-refractivity contribution is -0.126. The Balaban J connectivity index is 2.09. The molecule has 0 aliphatic heterocycles. The summed E-state index contributed by atoms with van der Waals surface area (Å²) in [6.45, 7) is 0. The quantitative estimate of drug-likeness (QED) is 0.909. The molecule has 4 nitrogen and oxygen atoms in total. The van der Waals surface area contributed by atoms with E-state index in [4.69, 9.17) is 9.47 Å². The fourth-order valence-electron chi connectivity index (χ4n) is 1.90. The molecule has 1 N–H and O–H groups in total. The van der Waals surface area contributed by atoms with Gasteiger partial charge in [-0.1, -0.05) is 30.3 Å². The van der Waals surface area contributed by atoms with Gasteiger partial charge in [-0.25, -0.2) is 0 Å². The van der Waals surface area contributed by atoms with Crippen LogP contribution in [0.3, 0.4) is 0 Å². The number of carbonyl (C=O) groups is 1. The number of hydrogen-bond donors (Lipinski definition) is 1. The number of rotatable bonds is 5. The molecule has 2 aromatic carbocycles. The largest absolute Gasteiger partial charge is 0.497 e. The Morgan fingerprint density at radius 3 is 2.20 bits per heavy atom. The first-order chi connectivity index (χ1) is 9.74. The van der Waals surface area contributed by atoms with Crippen LogP contribution in [0.15, 0.2) is 54.6 Å². The Morgan fingerprint density at radius 1 is 1.00 bits per heavy atom. The molecule has 1 amide bonds. The van der Waals surface area contributed by atoms with Gasteiger partial charge in [0.15, 0.2) is 6.10 Å². The second kappa shape index (κ2) is 6.73. The molecular formula is C16H17NO3. The van der Waals surface area contributed by atoms with Crippen LogP contribution in [0, 0.1) is 0 Å². The standard InChI is InChI=1S/C16H17NO3/c1-19-14-10-8-13(9-11-14)17-16(18)15(20-2)12-6-4-3-5-7-12/h3-11,15H,1-2H3,(H,17,18). The topological polar surface area (TPSA) is 47.6 Å². The molecule has 2 aromatic rings. The van der Waals surface area contributed by atoms with Crippen LogP contribution in [0.1, 0.15) is 11.7 Å². The molecule has 0 aromatic heterocycles. The van der Waals surface area contributed by atoms with E-state index in [0.717, 1.165) is 11.3 Å². The number of ether oxygens (including phenoxy) is 2. The third-order valence-electron chi connectivity index (χ3n) is 2.93. The molecule has 0 saturated heterocycles. The van der Waals surface area contributed by atoms with Crippen molar-refractivity contribution < 1.29 is 14.3 Å². The molecule has 0 spiro atoms. The maximum absolute atomic E-state index is 12.2. The van der Waals surface area contributed by atoms with E-state index in [-0.39, 0.29) is 5.91 Å². The van der Waals surface area contributed by atoms with Gasteiger partial charge in [0.05, 0.1) is 7.11 Å². The zero-order valence-electron chi connectivity index (χ0n) is 11.5. The fourth-order valence-corrected chi connectivity index (χ4v) is 1.90. The number of amides is 1. The van der Waals surface area contributed by atoms with E-state index in [2.05, 4.69) is 5.32 Å². The van der Waals surface area contributed by atoms with Gasteiger partial charge in [0.25, 0.3) is 5.91 Å². The molecule has 20 heavy (non-hydrogen) atoms. The summed E-state index contributed by atoms with van der Waals surface area (Å²) < 4.78 is 10.4. The minimum Gasteiger partial charge on any atom is -0.497 e. The van der Waals surface area contributed by atoms with Crippen molar-refractivity contribution in [3.05, 3.63) is 60.2 Å². The van der Waals surface area contributed by atoms with Gasteiger partial charge in [-0.05, 0) is 29.8 Å². The normalized spacial score (nSPS) is 11.7. The number of anilines is 1. The van der Waals surface area contributed by atoms with Gasteiger partial charge in [-0.3, -0.25) is 4.79 Å². The van der Waals surface area contributed by atoms with Gasteiger partial charge in [0.1, 0.15) is 5.75 Å². The Hall–Kier alpha value is -2.33. The van der Waals surface area contributed by atoms with E-state index >= 15 is 0 Å². The van der Waals surface area contributed by atoms with Gasteiger partial charge in [-0.15, -0.1) is 0 Å². The lowest BCUT2D eigenvalue weighted by atomic mass is 10.1. The molecule has 104 valence electrons. The van der Waals surface area contributed by atoms with E-state index in [1.54, 1.807) is 31.4 Å². The second-order valence-corrected chi connectivity index (χ2v) is 4.24. The molecule has 4 heteroatoms. The molecule has 0 radical (unpaired) electrons. The third-order valence-corrected chi connectivity index (χ3v) is 2.93. The maximum atomic E-state index is 12.2. The third kappa shape index (κ3) is 3.36. The Bertz CT molecular complexity index is 552. The molecule has 0 fully saturated rings. The van der Waals surface area contributed by atoms with Gasteiger partial charge >= 0.3 is 0 Å². The molecule has 0 aliphatic carbocycles. The highest BCUT2D eigenvalue weighted by Crippen LogP contribution is 2.20. The first-order valence-corrected chi connectivity index (χ1v) is 6.27. The smallest absolute Gasteiger partial charge is 0.258 e. The highest BCUT2D eigenvalue weighted by atomic mass is 16.5. The van der Waals surface area contributed by atoms with Gasteiger partial charge in [0, 0.05) is 12.8 Å². The van der Waals surface area contributed by atoms with Crippen LogP contribution in [0.2, 0.25) is 0 Å². The summed E-state index contributed by atoms with van der Waals surface area (Å²) in [6, 6.07) is 16.5. The lowest BCUT2D eigenvalue weighted by Crippen LogP contribution is -2.22. The molecule has 1 unspecified atom stereocenters. The van der Waals surface area contributed by atoms with Crippen molar-refractivity contribution in [2.45, 2.75) is 6.10 Å². The van der Waals surface area contributed by atoms with Crippen LogP contribution in [-0.4, -0.2) is 20.1 Å². The molecular weight excluding hydrogens is 254 g/mol. The Kier molecular flexibility index (Phi) is 4.74. The molecule has 2 rings (SSSR count). The number of benzene rings is 2. The van der Waals surface area contributed by atoms with Crippen LogP contribution in [0.4, 0.5) is 5.69 Å². The summed E-state index contributed by atoms with van der Waals surface area (Å²) in [4.78, 5) is 12.2. The zero-order valence-corrected chi connectivity index (χ0v) is 11.5. The van der Waals surface area contributed by atoms with E-state index in [1.165, 1.54) is 7.11 Å². The fraction of sp³-hybridized carbons (Fsp3) is 0.188. The van der Waals surface area contributed by atoms with Crippen molar-refractivity contribution in [2.24, 2.45) is 0 Å². The van der Waals surface area contributed by atoms with Crippen molar-refractivity contribution in [1.29, 1.82) is 0 Å². The molecule has 0 saturated carbocycles. The van der Waals surface area contributed by atoms with E-state index in [1.807, 2.05) is 30.3 Å². The summed E-state index contributed by atoms with van der Waals surface area (Å²) >= 11 is 0. The summed E-state index contributed by atoms with van der Waals surface area (Å²) in [6.07, 6.45) is -0.627. The van der Waals surface area contributed by atoms with Gasteiger partial charge < -0.3 is 14.8 Å². The molecule has 0 heterocycles. The number of methoxy groups -OCH3 is 2. The van der Waals surface area contributed by atoms with E-state index in [9.17, 15) is 4.79 Å². The summed E-state index contributed by atoms with van der Waals surface area (Å²) in [7, 11) is 3.12. The average molecular weight is 271 g/mol. The van der Waals surface area contributed by atoms with Crippen LogP contribution in [0.5, 0.6) is 5.75 Å². The predicted octanol–water partition coefficient (Wildman–Crippen LogP) is 3.02. The second-order valence-electron chi connectivity index (χ2n) is 4.24. The van der Waals surface area contributed by atoms with Crippen molar-refractivity contribution in [3.8, 4) is 5.75 Å². The number of carbonyl (C=O) groups excluding carboxylic acids is 1.